The van der Waals surface area contributed by atoms with Crippen molar-refractivity contribution in [3.8, 4) is 0 Å². The van der Waals surface area contributed by atoms with E-state index in [1.165, 1.54) is 0 Å². The standard InChI is InChI=1S/C13H23NO3/c1-6-9(4)11(13(16)17)14-12(15)10(5)7-8(2)3/h9-11H,2,6-7H2,1,3-5H3,(H,14,15)(H,16,17)/t9-,10?,11-/m0/s1. The van der Waals surface area contributed by atoms with Gasteiger partial charge in [-0.1, -0.05) is 32.8 Å². The second-order valence-corrected chi connectivity index (χ2v) is 4.77. The van der Waals surface area contributed by atoms with Crippen molar-refractivity contribution in [3.63, 3.8) is 0 Å². The first-order valence-electron chi connectivity index (χ1n) is 5.97. The Kier molecular flexibility index (Phi) is 6.54. The van der Waals surface area contributed by atoms with Crippen LogP contribution in [0.5, 0.6) is 0 Å². The molecule has 0 rings (SSSR count). The third kappa shape index (κ3) is 5.52. The molecule has 0 fully saturated rings. The van der Waals surface area contributed by atoms with Crippen molar-refractivity contribution < 1.29 is 14.7 Å². The molecule has 0 spiro atoms. The molecule has 0 aromatic carbocycles. The second kappa shape index (κ2) is 7.09. The number of nitrogens with one attached hydrogen (secondary N) is 1. The highest BCUT2D eigenvalue weighted by atomic mass is 16.4. The first-order valence-corrected chi connectivity index (χ1v) is 5.97. The zero-order valence-corrected chi connectivity index (χ0v) is 11.1. The Hall–Kier alpha value is -1.32. The quantitative estimate of drug-likeness (QED) is 0.671. The number of carbonyl (C=O) groups excluding carboxylic acids is 1. The topological polar surface area (TPSA) is 66.4 Å². The van der Waals surface area contributed by atoms with Crippen LogP contribution in [0, 0.1) is 11.8 Å². The van der Waals surface area contributed by atoms with E-state index in [2.05, 4.69) is 11.9 Å². The van der Waals surface area contributed by atoms with Crippen LogP contribution in [0.2, 0.25) is 0 Å². The highest BCUT2D eigenvalue weighted by molar-refractivity contribution is 5.85. The normalized spacial score (nSPS) is 15.8. The van der Waals surface area contributed by atoms with E-state index in [1.807, 2.05) is 20.8 Å². The van der Waals surface area contributed by atoms with Crippen LogP contribution in [0.4, 0.5) is 0 Å². The summed E-state index contributed by atoms with van der Waals surface area (Å²) in [6.07, 6.45) is 1.30. The molecule has 4 heteroatoms. The minimum atomic E-state index is -0.977. The van der Waals surface area contributed by atoms with Gasteiger partial charge in [-0.05, 0) is 19.3 Å². The van der Waals surface area contributed by atoms with Crippen molar-refractivity contribution in [2.75, 3.05) is 0 Å². The maximum atomic E-state index is 11.8. The number of rotatable bonds is 7. The first kappa shape index (κ1) is 15.7. The molecule has 0 aliphatic rings. The zero-order valence-electron chi connectivity index (χ0n) is 11.1. The Morgan fingerprint density at radius 2 is 1.88 bits per heavy atom. The molecular weight excluding hydrogens is 218 g/mol. The van der Waals surface area contributed by atoms with Gasteiger partial charge in [-0.25, -0.2) is 4.79 Å². The molecule has 1 amide bonds. The van der Waals surface area contributed by atoms with E-state index in [4.69, 9.17) is 5.11 Å². The van der Waals surface area contributed by atoms with Crippen LogP contribution in [0.15, 0.2) is 12.2 Å². The molecule has 1 unspecified atom stereocenters. The number of amides is 1. The van der Waals surface area contributed by atoms with Gasteiger partial charge in [0.2, 0.25) is 5.91 Å². The van der Waals surface area contributed by atoms with Gasteiger partial charge in [-0.2, -0.15) is 0 Å². The number of hydrogen-bond donors (Lipinski definition) is 2. The molecule has 0 aliphatic carbocycles. The third-order valence-corrected chi connectivity index (χ3v) is 2.88. The van der Waals surface area contributed by atoms with E-state index >= 15 is 0 Å². The summed E-state index contributed by atoms with van der Waals surface area (Å²) in [5, 5.41) is 11.6. The van der Waals surface area contributed by atoms with Crippen LogP contribution in [-0.2, 0) is 9.59 Å². The maximum Gasteiger partial charge on any atom is 0.326 e. The lowest BCUT2D eigenvalue weighted by Gasteiger charge is -2.22. The summed E-state index contributed by atoms with van der Waals surface area (Å²) in [5.41, 5.74) is 0.920. The van der Waals surface area contributed by atoms with Crippen molar-refractivity contribution in [2.45, 2.75) is 46.6 Å². The molecule has 17 heavy (non-hydrogen) atoms. The fraction of sp³-hybridized carbons (Fsp3) is 0.692. The Balaban J connectivity index is 4.50. The molecule has 4 nitrogen and oxygen atoms in total. The van der Waals surface area contributed by atoms with Gasteiger partial charge >= 0.3 is 5.97 Å². The highest BCUT2D eigenvalue weighted by Gasteiger charge is 2.26. The zero-order chi connectivity index (χ0) is 13.6. The fourth-order valence-electron chi connectivity index (χ4n) is 1.59. The lowest BCUT2D eigenvalue weighted by molar-refractivity contribution is -0.143. The average molecular weight is 241 g/mol. The Morgan fingerprint density at radius 3 is 2.24 bits per heavy atom. The predicted octanol–water partition coefficient (Wildman–Crippen LogP) is 2.20. The molecule has 0 saturated heterocycles. The third-order valence-electron chi connectivity index (χ3n) is 2.88. The largest absolute Gasteiger partial charge is 0.480 e. The molecule has 0 radical (unpaired) electrons. The lowest BCUT2D eigenvalue weighted by atomic mass is 9.97. The summed E-state index contributed by atoms with van der Waals surface area (Å²) in [6.45, 7) is 11.1. The van der Waals surface area contributed by atoms with Crippen molar-refractivity contribution in [2.24, 2.45) is 11.8 Å². The van der Waals surface area contributed by atoms with Crippen molar-refractivity contribution in [3.05, 3.63) is 12.2 Å². The molecular formula is C13H23NO3. The highest BCUT2D eigenvalue weighted by Crippen LogP contribution is 2.12. The monoisotopic (exact) mass is 241 g/mol. The first-order chi connectivity index (χ1) is 7.79. The van der Waals surface area contributed by atoms with Crippen LogP contribution < -0.4 is 5.32 Å². The summed E-state index contributed by atoms with van der Waals surface area (Å²) < 4.78 is 0. The maximum absolute atomic E-state index is 11.8. The molecule has 2 N–H and O–H groups in total. The van der Waals surface area contributed by atoms with E-state index in [0.29, 0.717) is 12.8 Å². The summed E-state index contributed by atoms with van der Waals surface area (Å²) in [6, 6.07) is -0.805. The Morgan fingerprint density at radius 1 is 1.35 bits per heavy atom. The fourth-order valence-corrected chi connectivity index (χ4v) is 1.59. The second-order valence-electron chi connectivity index (χ2n) is 4.77. The van der Waals surface area contributed by atoms with Crippen molar-refractivity contribution >= 4 is 11.9 Å². The summed E-state index contributed by atoms with van der Waals surface area (Å²) >= 11 is 0. The summed E-state index contributed by atoms with van der Waals surface area (Å²) in [5.74, 6) is -1.51. The van der Waals surface area contributed by atoms with Crippen molar-refractivity contribution in [1.82, 2.24) is 5.32 Å². The van der Waals surface area contributed by atoms with Crippen LogP contribution in [0.1, 0.15) is 40.5 Å². The molecule has 0 heterocycles. The lowest BCUT2D eigenvalue weighted by Crippen LogP contribution is -2.46. The molecule has 0 aromatic heterocycles. The number of allylic oxidation sites excluding steroid dienone is 1. The van der Waals surface area contributed by atoms with Gasteiger partial charge in [0.05, 0.1) is 0 Å². The van der Waals surface area contributed by atoms with E-state index < -0.39 is 12.0 Å². The summed E-state index contributed by atoms with van der Waals surface area (Å²) in [7, 11) is 0. The van der Waals surface area contributed by atoms with E-state index in [1.54, 1.807) is 6.92 Å². The summed E-state index contributed by atoms with van der Waals surface area (Å²) in [4.78, 5) is 22.8. The SMILES string of the molecule is C=C(C)CC(C)C(=O)N[C@H](C(=O)O)[C@@H](C)CC. The van der Waals surface area contributed by atoms with Gasteiger partial charge in [0, 0.05) is 5.92 Å². The van der Waals surface area contributed by atoms with E-state index in [-0.39, 0.29) is 17.7 Å². The number of carbonyl (C=O) groups is 2. The van der Waals surface area contributed by atoms with Gasteiger partial charge in [0.1, 0.15) is 6.04 Å². The number of aliphatic carboxylic acids is 1. The number of hydrogen-bond acceptors (Lipinski definition) is 2. The molecule has 0 bridgehead atoms. The van der Waals surface area contributed by atoms with Crippen LogP contribution in [0.3, 0.4) is 0 Å². The van der Waals surface area contributed by atoms with Gasteiger partial charge in [-0.15, -0.1) is 6.58 Å². The van der Waals surface area contributed by atoms with E-state index in [0.717, 1.165) is 5.57 Å². The smallest absolute Gasteiger partial charge is 0.326 e. The van der Waals surface area contributed by atoms with Gasteiger partial charge in [-0.3, -0.25) is 4.79 Å². The van der Waals surface area contributed by atoms with E-state index in [9.17, 15) is 9.59 Å². The molecule has 0 aliphatic heterocycles. The Bertz CT molecular complexity index is 299. The van der Waals surface area contributed by atoms with Crippen LogP contribution >= 0.6 is 0 Å². The molecule has 0 saturated carbocycles. The molecule has 3 atom stereocenters. The number of carboxylic acid groups (broad SMARTS) is 1. The van der Waals surface area contributed by atoms with Gasteiger partial charge in [0.25, 0.3) is 0 Å². The molecule has 0 aromatic rings. The Labute approximate surface area is 103 Å². The van der Waals surface area contributed by atoms with Crippen molar-refractivity contribution in [1.29, 1.82) is 0 Å². The van der Waals surface area contributed by atoms with Crippen LogP contribution in [-0.4, -0.2) is 23.0 Å². The molecule has 98 valence electrons. The minimum Gasteiger partial charge on any atom is -0.480 e. The average Bonchev–Trinajstić information content (AvgIpc) is 2.22. The minimum absolute atomic E-state index is 0.0755. The number of carboxylic acids is 1. The predicted molar refractivity (Wildman–Crippen MR) is 67.6 cm³/mol. The van der Waals surface area contributed by atoms with Gasteiger partial charge < -0.3 is 10.4 Å². The van der Waals surface area contributed by atoms with Crippen LogP contribution in [0.25, 0.3) is 0 Å². The van der Waals surface area contributed by atoms with Gasteiger partial charge in [0.15, 0.2) is 0 Å².